The second kappa shape index (κ2) is 22.7. The molecule has 3 N–H and O–H groups in total. The molecule has 0 aliphatic heterocycles. The molecule has 0 bridgehead atoms. The quantitative estimate of drug-likeness (QED) is 0.0334. The lowest BCUT2D eigenvalue weighted by Gasteiger charge is -2.32. The highest BCUT2D eigenvalue weighted by Gasteiger charge is 2.33. The second-order valence-electron chi connectivity index (χ2n) is 16.0. The van der Waals surface area contributed by atoms with Gasteiger partial charge in [0, 0.05) is 5.56 Å². The van der Waals surface area contributed by atoms with Gasteiger partial charge in [0.1, 0.15) is 29.5 Å². The number of hydrogen-bond donors (Lipinski definition) is 3. The SMILES string of the molecule is CCCCC[C@@H](C(=O)NCNC(=O)c1cccc(-c2ccc(C(=O)N[C@@H](CC(=O)OC(C)(C)C)C(=O)OC(C)(C)C)c(Cl)c2)n1)[C@@H](CC)N(C=O)OCc1ccccc1. The van der Waals surface area contributed by atoms with Crippen LogP contribution in [0, 0.1) is 5.92 Å². The Morgan fingerprint density at radius 2 is 1.54 bits per heavy atom. The van der Waals surface area contributed by atoms with Crippen LogP contribution < -0.4 is 16.0 Å². The van der Waals surface area contributed by atoms with Crippen molar-refractivity contribution < 1.29 is 43.1 Å². The minimum Gasteiger partial charge on any atom is -0.460 e. The first-order valence-electron chi connectivity index (χ1n) is 19.8. The Bertz CT molecular complexity index is 1900. The van der Waals surface area contributed by atoms with Crippen LogP contribution in [-0.4, -0.2) is 76.1 Å². The maximum Gasteiger partial charge on any atom is 0.329 e. The topological polar surface area (TPSA) is 182 Å². The molecule has 15 heteroatoms. The Labute approximate surface area is 352 Å². The molecule has 0 saturated heterocycles. The van der Waals surface area contributed by atoms with E-state index in [2.05, 4.69) is 27.9 Å². The van der Waals surface area contributed by atoms with Crippen molar-refractivity contribution in [1.29, 1.82) is 0 Å². The average molecular weight is 836 g/mol. The van der Waals surface area contributed by atoms with Crippen molar-refractivity contribution in [2.24, 2.45) is 5.92 Å². The Balaban J connectivity index is 1.69. The summed E-state index contributed by atoms with van der Waals surface area (Å²) in [7, 11) is 0. The molecule has 320 valence electrons. The normalized spacial score (nSPS) is 13.0. The first kappa shape index (κ1) is 48.0. The lowest BCUT2D eigenvalue weighted by molar-refractivity contribution is -0.200. The smallest absolute Gasteiger partial charge is 0.329 e. The zero-order valence-electron chi connectivity index (χ0n) is 35.3. The van der Waals surface area contributed by atoms with Gasteiger partial charge in [0.2, 0.25) is 12.3 Å². The molecular formula is C44H58ClN5O9. The average Bonchev–Trinajstić information content (AvgIpc) is 3.17. The molecule has 4 amide bonds. The number of aromatic nitrogens is 1. The van der Waals surface area contributed by atoms with Crippen LogP contribution in [0.3, 0.4) is 0 Å². The van der Waals surface area contributed by atoms with E-state index in [1.54, 1.807) is 59.7 Å². The van der Waals surface area contributed by atoms with Gasteiger partial charge in [0.25, 0.3) is 11.8 Å². The molecule has 1 heterocycles. The Morgan fingerprint density at radius 1 is 0.847 bits per heavy atom. The zero-order valence-corrected chi connectivity index (χ0v) is 36.0. The van der Waals surface area contributed by atoms with E-state index in [9.17, 15) is 28.8 Å². The molecule has 0 unspecified atom stereocenters. The monoisotopic (exact) mass is 835 g/mol. The molecule has 59 heavy (non-hydrogen) atoms. The number of amides is 4. The van der Waals surface area contributed by atoms with E-state index in [0.717, 1.165) is 24.8 Å². The molecule has 1 aromatic heterocycles. The Morgan fingerprint density at radius 3 is 2.15 bits per heavy atom. The van der Waals surface area contributed by atoms with Crippen LogP contribution in [0.1, 0.15) is 120 Å². The van der Waals surface area contributed by atoms with Gasteiger partial charge in [-0.3, -0.25) is 28.8 Å². The van der Waals surface area contributed by atoms with Crippen LogP contribution >= 0.6 is 11.6 Å². The summed E-state index contributed by atoms with van der Waals surface area (Å²) < 4.78 is 10.8. The molecule has 0 aliphatic carbocycles. The standard InChI is InChI=1S/C44H58ClN5O9/c1-9-11-13-19-32(37(10-2)50(28-51)57-26-29-17-14-12-15-18-29)39(53)46-27-47-41(55)35-21-16-20-34(48-35)30-22-23-31(33(45)24-30)40(54)49-36(42(56)59-44(6,7)8)25-38(52)58-43(3,4)5/h12,14-18,20-24,28,32,36-37H,9-11,13,19,25-27H2,1-8H3,(H,46,53)(H,47,55)(H,49,54)/t32-,36+,37-/m1/s1. The van der Waals surface area contributed by atoms with Gasteiger partial charge < -0.3 is 25.4 Å². The maximum absolute atomic E-state index is 13.6. The molecular weight excluding hydrogens is 778 g/mol. The van der Waals surface area contributed by atoms with Crippen LogP contribution in [0.15, 0.2) is 66.7 Å². The van der Waals surface area contributed by atoms with E-state index in [4.69, 9.17) is 25.9 Å². The van der Waals surface area contributed by atoms with Crippen molar-refractivity contribution in [3.8, 4) is 11.3 Å². The third-order valence-electron chi connectivity index (χ3n) is 8.78. The summed E-state index contributed by atoms with van der Waals surface area (Å²) in [6, 6.07) is 16.9. The highest BCUT2D eigenvalue weighted by atomic mass is 35.5. The number of carbonyl (C=O) groups excluding carboxylic acids is 6. The van der Waals surface area contributed by atoms with Crippen LogP contribution in [0.2, 0.25) is 5.02 Å². The first-order chi connectivity index (χ1) is 27.8. The molecule has 2 aromatic carbocycles. The van der Waals surface area contributed by atoms with Crippen molar-refractivity contribution in [3.05, 3.63) is 88.6 Å². The predicted molar refractivity (Wildman–Crippen MR) is 224 cm³/mol. The summed E-state index contributed by atoms with van der Waals surface area (Å²) in [5.41, 5.74) is 0.136. The Kier molecular flexibility index (Phi) is 18.5. The van der Waals surface area contributed by atoms with Gasteiger partial charge >= 0.3 is 11.9 Å². The summed E-state index contributed by atoms with van der Waals surface area (Å²) >= 11 is 6.56. The lowest BCUT2D eigenvalue weighted by atomic mass is 9.90. The van der Waals surface area contributed by atoms with Gasteiger partial charge in [-0.05, 0) is 84.2 Å². The van der Waals surface area contributed by atoms with Gasteiger partial charge in [-0.2, -0.15) is 0 Å². The summed E-state index contributed by atoms with van der Waals surface area (Å²) in [6.45, 7) is 14.0. The first-order valence-corrected chi connectivity index (χ1v) is 20.2. The third-order valence-corrected chi connectivity index (χ3v) is 9.09. The molecule has 0 aliphatic rings. The van der Waals surface area contributed by atoms with Crippen molar-refractivity contribution in [2.75, 3.05) is 6.67 Å². The fourth-order valence-electron chi connectivity index (χ4n) is 6.05. The van der Waals surface area contributed by atoms with Crippen LogP contribution in [0.4, 0.5) is 0 Å². The number of nitrogens with one attached hydrogen (secondary N) is 3. The summed E-state index contributed by atoms with van der Waals surface area (Å²) in [5, 5.41) is 9.27. The summed E-state index contributed by atoms with van der Waals surface area (Å²) in [5.74, 6) is -3.70. The number of unbranched alkanes of at least 4 members (excludes halogenated alkanes) is 2. The fourth-order valence-corrected chi connectivity index (χ4v) is 6.31. The number of pyridine rings is 1. The molecule has 0 saturated carbocycles. The number of benzene rings is 2. The van der Waals surface area contributed by atoms with E-state index < -0.39 is 59.4 Å². The molecule has 3 aromatic rings. The van der Waals surface area contributed by atoms with Crippen LogP contribution in [-0.2, 0) is 40.1 Å². The summed E-state index contributed by atoms with van der Waals surface area (Å²) in [4.78, 5) is 88.2. The number of ether oxygens (including phenoxy) is 2. The largest absolute Gasteiger partial charge is 0.460 e. The van der Waals surface area contributed by atoms with Gasteiger partial charge in [0.15, 0.2) is 0 Å². The van der Waals surface area contributed by atoms with Gasteiger partial charge in [0.05, 0.1) is 41.3 Å². The molecule has 3 rings (SSSR count). The van der Waals surface area contributed by atoms with E-state index in [-0.39, 0.29) is 35.5 Å². The minimum atomic E-state index is -1.35. The molecule has 14 nitrogen and oxygen atoms in total. The van der Waals surface area contributed by atoms with Gasteiger partial charge in [-0.25, -0.2) is 14.8 Å². The highest BCUT2D eigenvalue weighted by Crippen LogP contribution is 2.26. The predicted octanol–water partition coefficient (Wildman–Crippen LogP) is 6.94. The van der Waals surface area contributed by atoms with E-state index in [1.807, 2.05) is 37.3 Å². The number of esters is 2. The van der Waals surface area contributed by atoms with Gasteiger partial charge in [-0.1, -0.05) is 87.2 Å². The van der Waals surface area contributed by atoms with Crippen molar-refractivity contribution in [2.45, 2.75) is 124 Å². The van der Waals surface area contributed by atoms with Crippen LogP contribution in [0.5, 0.6) is 0 Å². The number of rotatable bonds is 21. The summed E-state index contributed by atoms with van der Waals surface area (Å²) in [6.07, 6.45) is 3.77. The Hall–Kier alpha value is -5.34. The molecule has 0 fully saturated rings. The second-order valence-corrected chi connectivity index (χ2v) is 16.4. The number of hydroxylamine groups is 2. The fraction of sp³-hybridized carbons (Fsp3) is 0.477. The minimum absolute atomic E-state index is 0.0233. The third kappa shape index (κ3) is 16.1. The van der Waals surface area contributed by atoms with Crippen LogP contribution in [0.25, 0.3) is 11.3 Å². The number of nitrogens with zero attached hydrogens (tertiary/aromatic N) is 2. The number of carbonyl (C=O) groups is 6. The zero-order chi connectivity index (χ0) is 43.8. The van der Waals surface area contributed by atoms with Gasteiger partial charge in [-0.15, -0.1) is 0 Å². The number of halogens is 1. The van der Waals surface area contributed by atoms with Crippen molar-refractivity contribution >= 4 is 47.7 Å². The van der Waals surface area contributed by atoms with Crippen molar-refractivity contribution in [3.63, 3.8) is 0 Å². The van der Waals surface area contributed by atoms with E-state index in [1.165, 1.54) is 23.3 Å². The maximum atomic E-state index is 13.6. The molecule has 0 spiro atoms. The van der Waals surface area contributed by atoms with Crippen molar-refractivity contribution in [1.82, 2.24) is 26.0 Å². The highest BCUT2D eigenvalue weighted by molar-refractivity contribution is 6.34. The lowest BCUT2D eigenvalue weighted by Crippen LogP contribution is -2.48. The van der Waals surface area contributed by atoms with E-state index >= 15 is 0 Å². The molecule has 0 radical (unpaired) electrons. The number of hydrogen-bond acceptors (Lipinski definition) is 10. The van der Waals surface area contributed by atoms with E-state index in [0.29, 0.717) is 30.5 Å². The molecule has 3 atom stereocenters.